The summed E-state index contributed by atoms with van der Waals surface area (Å²) < 4.78 is 44.0. The number of anilines is 2. The van der Waals surface area contributed by atoms with Crippen molar-refractivity contribution in [2.75, 3.05) is 11.1 Å². The maximum absolute atomic E-state index is 12.8. The molecule has 2 aromatic carbocycles. The maximum atomic E-state index is 12.8. The minimum Gasteiger partial charge on any atom is -0.457 e. The van der Waals surface area contributed by atoms with Crippen molar-refractivity contribution in [1.29, 1.82) is 0 Å². The van der Waals surface area contributed by atoms with Crippen LogP contribution in [-0.4, -0.2) is 10.9 Å². The lowest BCUT2D eigenvalue weighted by molar-refractivity contribution is -0.137. The van der Waals surface area contributed by atoms with Crippen LogP contribution in [0.1, 0.15) is 27.2 Å². The van der Waals surface area contributed by atoms with Gasteiger partial charge in [0.1, 0.15) is 17.3 Å². The van der Waals surface area contributed by atoms with Gasteiger partial charge in [-0.3, -0.25) is 4.79 Å². The minimum atomic E-state index is -4.46. The molecule has 1 heterocycles. The third-order valence-electron chi connectivity index (χ3n) is 4.23. The van der Waals surface area contributed by atoms with Gasteiger partial charge < -0.3 is 15.8 Å². The van der Waals surface area contributed by atoms with Crippen LogP contribution in [-0.2, 0) is 6.18 Å². The van der Waals surface area contributed by atoms with E-state index in [4.69, 9.17) is 10.5 Å². The molecule has 0 aliphatic carbocycles. The summed E-state index contributed by atoms with van der Waals surface area (Å²) in [5, 5.41) is 2.69. The molecule has 0 spiro atoms. The van der Waals surface area contributed by atoms with Crippen molar-refractivity contribution in [3.63, 3.8) is 0 Å². The fraction of sp³-hybridized carbons (Fsp3) is 0.143. The Morgan fingerprint density at radius 3 is 2.38 bits per heavy atom. The molecular weight excluding hydrogens is 383 g/mol. The van der Waals surface area contributed by atoms with Gasteiger partial charge in [-0.1, -0.05) is 12.1 Å². The molecule has 0 fully saturated rings. The minimum absolute atomic E-state index is 0.0332. The summed E-state index contributed by atoms with van der Waals surface area (Å²) in [5.74, 6) is -0.0319. The highest BCUT2D eigenvalue weighted by atomic mass is 19.4. The fourth-order valence-electron chi connectivity index (χ4n) is 2.61. The average Bonchev–Trinajstić information content (AvgIpc) is 2.64. The molecule has 3 rings (SSSR count). The van der Waals surface area contributed by atoms with Crippen LogP contribution in [0.2, 0.25) is 0 Å². The van der Waals surface area contributed by atoms with Gasteiger partial charge in [-0.15, -0.1) is 0 Å². The number of nitrogen functional groups attached to an aromatic ring is 1. The van der Waals surface area contributed by atoms with E-state index in [0.717, 1.165) is 23.4 Å². The number of nitrogens with one attached hydrogen (secondary N) is 1. The van der Waals surface area contributed by atoms with Crippen LogP contribution >= 0.6 is 0 Å². The van der Waals surface area contributed by atoms with E-state index in [1.165, 1.54) is 18.2 Å². The van der Waals surface area contributed by atoms with Crippen molar-refractivity contribution in [3.8, 4) is 11.5 Å². The monoisotopic (exact) mass is 401 g/mol. The Morgan fingerprint density at radius 2 is 1.69 bits per heavy atom. The third-order valence-corrected chi connectivity index (χ3v) is 4.23. The summed E-state index contributed by atoms with van der Waals surface area (Å²) in [6, 6.07) is 12.5. The van der Waals surface area contributed by atoms with E-state index in [1.807, 2.05) is 6.92 Å². The number of amides is 1. The van der Waals surface area contributed by atoms with Crippen LogP contribution in [0.5, 0.6) is 11.5 Å². The molecular formula is C21H18F3N3O2. The predicted molar refractivity (Wildman–Crippen MR) is 104 cm³/mol. The van der Waals surface area contributed by atoms with Gasteiger partial charge in [0.2, 0.25) is 0 Å². The number of nitrogens with two attached hydrogens (primary N) is 1. The van der Waals surface area contributed by atoms with Crippen molar-refractivity contribution >= 4 is 17.4 Å². The topological polar surface area (TPSA) is 77.2 Å². The van der Waals surface area contributed by atoms with Gasteiger partial charge in [-0.25, -0.2) is 4.98 Å². The molecule has 8 heteroatoms. The normalized spacial score (nSPS) is 11.2. The van der Waals surface area contributed by atoms with Crippen molar-refractivity contribution in [3.05, 3.63) is 77.0 Å². The maximum Gasteiger partial charge on any atom is 0.416 e. The third kappa shape index (κ3) is 4.84. The first-order valence-electron chi connectivity index (χ1n) is 8.64. The number of aryl methyl sites for hydroxylation is 2. The standard InChI is InChI=1S/C21H18F3N3O2/c1-12-9-18(19(25)26-13(12)2)20(28)27-15-6-4-8-17(11-15)29-16-7-3-5-14(10-16)21(22,23)24/h3-11H,1-2H3,(H2,25,26)(H,27,28). The van der Waals surface area contributed by atoms with Crippen LogP contribution in [0, 0.1) is 13.8 Å². The summed E-state index contributed by atoms with van der Waals surface area (Å²) >= 11 is 0. The van der Waals surface area contributed by atoms with Crippen LogP contribution in [0.3, 0.4) is 0 Å². The first kappa shape index (κ1) is 20.2. The highest BCUT2D eigenvalue weighted by Crippen LogP contribution is 2.33. The Kier molecular flexibility index (Phi) is 5.45. The van der Waals surface area contributed by atoms with E-state index in [0.29, 0.717) is 5.69 Å². The Labute approximate surface area is 165 Å². The number of alkyl halides is 3. The number of benzene rings is 2. The van der Waals surface area contributed by atoms with Crippen LogP contribution in [0.15, 0.2) is 54.6 Å². The number of hydrogen-bond donors (Lipinski definition) is 2. The van der Waals surface area contributed by atoms with E-state index in [9.17, 15) is 18.0 Å². The van der Waals surface area contributed by atoms with Crippen LogP contribution in [0.25, 0.3) is 0 Å². The fourth-order valence-corrected chi connectivity index (χ4v) is 2.61. The number of carbonyl (C=O) groups is 1. The number of hydrogen-bond acceptors (Lipinski definition) is 4. The van der Waals surface area contributed by atoms with Gasteiger partial charge in [0.15, 0.2) is 0 Å². The molecule has 1 aromatic heterocycles. The average molecular weight is 401 g/mol. The van der Waals surface area contributed by atoms with Crippen molar-refractivity contribution < 1.29 is 22.7 Å². The first-order valence-corrected chi connectivity index (χ1v) is 8.64. The Hall–Kier alpha value is -3.55. The second-order valence-electron chi connectivity index (χ2n) is 6.43. The summed E-state index contributed by atoms with van der Waals surface area (Å²) in [5.41, 5.74) is 7.22. The molecule has 0 unspecified atom stereocenters. The molecule has 3 aromatic rings. The number of aromatic nitrogens is 1. The lowest BCUT2D eigenvalue weighted by atomic mass is 10.1. The molecule has 0 saturated heterocycles. The number of pyridine rings is 1. The van der Waals surface area contributed by atoms with Crippen molar-refractivity contribution in [1.82, 2.24) is 4.98 Å². The van der Waals surface area contributed by atoms with Gasteiger partial charge in [0, 0.05) is 17.4 Å². The molecule has 5 nitrogen and oxygen atoms in total. The molecule has 3 N–H and O–H groups in total. The lowest BCUT2D eigenvalue weighted by Gasteiger charge is -2.12. The molecule has 0 atom stereocenters. The van der Waals surface area contributed by atoms with Gasteiger partial charge in [-0.2, -0.15) is 13.2 Å². The highest BCUT2D eigenvalue weighted by Gasteiger charge is 2.30. The first-order chi connectivity index (χ1) is 13.6. The predicted octanol–water partition coefficient (Wildman–Crippen LogP) is 5.34. The molecule has 0 saturated carbocycles. The van der Waals surface area contributed by atoms with E-state index in [-0.39, 0.29) is 22.9 Å². The molecule has 1 amide bonds. The zero-order chi connectivity index (χ0) is 21.2. The summed E-state index contributed by atoms with van der Waals surface area (Å²) in [6.45, 7) is 3.62. The number of ether oxygens (including phenoxy) is 1. The molecule has 0 bridgehead atoms. The van der Waals surface area contributed by atoms with Gasteiger partial charge in [0.25, 0.3) is 5.91 Å². The lowest BCUT2D eigenvalue weighted by Crippen LogP contribution is -2.15. The molecule has 29 heavy (non-hydrogen) atoms. The Bertz CT molecular complexity index is 1070. The van der Waals surface area contributed by atoms with Gasteiger partial charge >= 0.3 is 6.18 Å². The smallest absolute Gasteiger partial charge is 0.416 e. The molecule has 0 aliphatic heterocycles. The van der Waals surface area contributed by atoms with E-state index in [1.54, 1.807) is 31.2 Å². The van der Waals surface area contributed by atoms with Crippen molar-refractivity contribution in [2.24, 2.45) is 0 Å². The number of carbonyl (C=O) groups excluding carboxylic acids is 1. The second-order valence-corrected chi connectivity index (χ2v) is 6.43. The summed E-state index contributed by atoms with van der Waals surface area (Å²) in [4.78, 5) is 16.7. The molecule has 0 radical (unpaired) electrons. The quantitative estimate of drug-likeness (QED) is 0.618. The largest absolute Gasteiger partial charge is 0.457 e. The number of halogens is 3. The SMILES string of the molecule is Cc1cc(C(=O)Nc2cccc(Oc3cccc(C(F)(F)F)c3)c2)c(N)nc1C. The van der Waals surface area contributed by atoms with E-state index in [2.05, 4.69) is 10.3 Å². The number of rotatable bonds is 4. The van der Waals surface area contributed by atoms with Gasteiger partial charge in [-0.05, 0) is 55.8 Å². The summed E-state index contributed by atoms with van der Waals surface area (Å²) in [7, 11) is 0. The molecule has 150 valence electrons. The Morgan fingerprint density at radius 1 is 1.03 bits per heavy atom. The summed E-state index contributed by atoms with van der Waals surface area (Å²) in [6.07, 6.45) is -4.46. The van der Waals surface area contributed by atoms with E-state index < -0.39 is 17.6 Å². The van der Waals surface area contributed by atoms with Crippen LogP contribution < -0.4 is 15.8 Å². The van der Waals surface area contributed by atoms with E-state index >= 15 is 0 Å². The second kappa shape index (κ2) is 7.83. The Balaban J connectivity index is 1.78. The number of nitrogens with zero attached hydrogens (tertiary/aromatic N) is 1. The highest BCUT2D eigenvalue weighted by molar-refractivity contribution is 6.07. The molecule has 0 aliphatic rings. The van der Waals surface area contributed by atoms with Crippen molar-refractivity contribution in [2.45, 2.75) is 20.0 Å². The zero-order valence-corrected chi connectivity index (χ0v) is 15.7. The zero-order valence-electron chi connectivity index (χ0n) is 15.7. The van der Waals surface area contributed by atoms with Gasteiger partial charge in [0.05, 0.1) is 11.1 Å². The van der Waals surface area contributed by atoms with Crippen LogP contribution in [0.4, 0.5) is 24.7 Å².